The summed E-state index contributed by atoms with van der Waals surface area (Å²) in [6.07, 6.45) is 2.38. The molecule has 3 N–H and O–H groups in total. The van der Waals surface area contributed by atoms with Gasteiger partial charge in [-0.2, -0.15) is 0 Å². The summed E-state index contributed by atoms with van der Waals surface area (Å²) in [5, 5.41) is 5.98. The molecule has 18 heavy (non-hydrogen) atoms. The molecular weight excluding hydrogens is 220 g/mol. The maximum absolute atomic E-state index is 6.43. The molecule has 2 heteroatoms. The number of rotatable bonds is 2. The highest BCUT2D eigenvalue weighted by Gasteiger charge is 2.21. The first-order chi connectivity index (χ1) is 8.84. The van der Waals surface area contributed by atoms with Gasteiger partial charge in [-0.3, -0.25) is 0 Å². The number of nitrogens with one attached hydrogen (secondary N) is 1. The predicted molar refractivity (Wildman–Crippen MR) is 76.5 cm³/mol. The maximum Gasteiger partial charge on any atom is 0.0324 e. The van der Waals surface area contributed by atoms with E-state index in [1.165, 1.54) is 29.2 Å². The Hall–Kier alpha value is -1.38. The Morgan fingerprint density at radius 2 is 1.72 bits per heavy atom. The summed E-state index contributed by atoms with van der Waals surface area (Å²) < 4.78 is 0. The van der Waals surface area contributed by atoms with Gasteiger partial charge in [0, 0.05) is 6.04 Å². The van der Waals surface area contributed by atoms with Gasteiger partial charge in [-0.05, 0) is 54.3 Å². The molecule has 0 amide bonds. The van der Waals surface area contributed by atoms with Crippen LogP contribution in [0.4, 0.5) is 0 Å². The Labute approximate surface area is 108 Å². The smallest absolute Gasteiger partial charge is 0.0324 e. The molecule has 0 spiro atoms. The van der Waals surface area contributed by atoms with E-state index in [2.05, 4.69) is 47.8 Å². The van der Waals surface area contributed by atoms with Gasteiger partial charge in [-0.1, -0.05) is 36.4 Å². The van der Waals surface area contributed by atoms with Crippen molar-refractivity contribution in [1.29, 1.82) is 0 Å². The van der Waals surface area contributed by atoms with Crippen LogP contribution in [0.5, 0.6) is 0 Å². The molecule has 1 aliphatic rings. The van der Waals surface area contributed by atoms with Crippen molar-refractivity contribution in [2.45, 2.75) is 18.9 Å². The number of piperidine rings is 1. The molecule has 1 aliphatic heterocycles. The lowest BCUT2D eigenvalue weighted by atomic mass is 9.86. The zero-order chi connectivity index (χ0) is 12.4. The summed E-state index contributed by atoms with van der Waals surface area (Å²) in [6, 6.07) is 15.3. The molecule has 0 radical (unpaired) electrons. The molecule has 0 bridgehead atoms. The molecule has 94 valence electrons. The standard InChI is InChI=1S/C16H20N2/c17-16(13-7-9-18-10-8-13)15-6-5-12-3-1-2-4-14(12)11-15/h1-6,11,13,16,18H,7-10,17H2/t16-/m1/s1. The van der Waals surface area contributed by atoms with E-state index in [4.69, 9.17) is 5.73 Å². The van der Waals surface area contributed by atoms with Crippen LogP contribution in [0.2, 0.25) is 0 Å². The Bertz CT molecular complexity index is 529. The molecule has 1 heterocycles. The molecule has 0 aliphatic carbocycles. The van der Waals surface area contributed by atoms with Crippen LogP contribution in [0, 0.1) is 5.92 Å². The van der Waals surface area contributed by atoms with Crippen molar-refractivity contribution < 1.29 is 0 Å². The van der Waals surface area contributed by atoms with E-state index in [1.54, 1.807) is 0 Å². The van der Waals surface area contributed by atoms with Crippen LogP contribution in [0.15, 0.2) is 42.5 Å². The van der Waals surface area contributed by atoms with E-state index in [-0.39, 0.29) is 6.04 Å². The molecular formula is C16H20N2. The predicted octanol–water partition coefficient (Wildman–Crippen LogP) is 2.84. The average molecular weight is 240 g/mol. The number of hydrogen-bond acceptors (Lipinski definition) is 2. The van der Waals surface area contributed by atoms with Crippen molar-refractivity contribution in [3.63, 3.8) is 0 Å². The van der Waals surface area contributed by atoms with E-state index >= 15 is 0 Å². The van der Waals surface area contributed by atoms with Crippen molar-refractivity contribution in [3.8, 4) is 0 Å². The van der Waals surface area contributed by atoms with Crippen LogP contribution in [0.25, 0.3) is 10.8 Å². The third-order valence-corrected chi connectivity index (χ3v) is 4.05. The molecule has 2 aromatic carbocycles. The summed E-state index contributed by atoms with van der Waals surface area (Å²) >= 11 is 0. The summed E-state index contributed by atoms with van der Waals surface area (Å²) in [5.41, 5.74) is 7.71. The largest absolute Gasteiger partial charge is 0.324 e. The van der Waals surface area contributed by atoms with Gasteiger partial charge in [0.25, 0.3) is 0 Å². The van der Waals surface area contributed by atoms with Crippen molar-refractivity contribution in [1.82, 2.24) is 5.32 Å². The highest BCUT2D eigenvalue weighted by atomic mass is 14.9. The second-order valence-electron chi connectivity index (χ2n) is 5.22. The minimum Gasteiger partial charge on any atom is -0.324 e. The molecule has 2 nitrogen and oxygen atoms in total. The van der Waals surface area contributed by atoms with E-state index < -0.39 is 0 Å². The average Bonchev–Trinajstić information content (AvgIpc) is 2.47. The first kappa shape index (κ1) is 11.7. The zero-order valence-electron chi connectivity index (χ0n) is 10.6. The normalized spacial score (nSPS) is 18.9. The number of nitrogens with two attached hydrogens (primary N) is 1. The highest BCUT2D eigenvalue weighted by Crippen LogP contribution is 2.28. The van der Waals surface area contributed by atoms with Crippen LogP contribution >= 0.6 is 0 Å². The third-order valence-electron chi connectivity index (χ3n) is 4.05. The van der Waals surface area contributed by atoms with Gasteiger partial charge in [0.1, 0.15) is 0 Å². The fraction of sp³-hybridized carbons (Fsp3) is 0.375. The summed E-state index contributed by atoms with van der Waals surface area (Å²) in [7, 11) is 0. The van der Waals surface area contributed by atoms with Gasteiger partial charge in [-0.15, -0.1) is 0 Å². The van der Waals surface area contributed by atoms with Crippen molar-refractivity contribution >= 4 is 10.8 Å². The fourth-order valence-corrected chi connectivity index (χ4v) is 2.89. The van der Waals surface area contributed by atoms with Crippen molar-refractivity contribution in [2.75, 3.05) is 13.1 Å². The SMILES string of the molecule is N[C@@H](c1ccc2ccccc2c1)C1CCNCC1. The van der Waals surface area contributed by atoms with Gasteiger partial charge >= 0.3 is 0 Å². The van der Waals surface area contributed by atoms with Crippen LogP contribution in [0.1, 0.15) is 24.4 Å². The molecule has 0 unspecified atom stereocenters. The van der Waals surface area contributed by atoms with Crippen LogP contribution in [-0.4, -0.2) is 13.1 Å². The van der Waals surface area contributed by atoms with Gasteiger partial charge in [0.15, 0.2) is 0 Å². The van der Waals surface area contributed by atoms with Gasteiger partial charge in [0.2, 0.25) is 0 Å². The molecule has 3 rings (SSSR count). The second-order valence-corrected chi connectivity index (χ2v) is 5.22. The maximum atomic E-state index is 6.43. The minimum atomic E-state index is 0.178. The van der Waals surface area contributed by atoms with Crippen molar-refractivity contribution in [3.05, 3.63) is 48.0 Å². The molecule has 0 saturated carbocycles. The van der Waals surface area contributed by atoms with E-state index in [0.717, 1.165) is 13.1 Å². The number of fused-ring (bicyclic) bond motifs is 1. The monoisotopic (exact) mass is 240 g/mol. The zero-order valence-corrected chi connectivity index (χ0v) is 10.6. The first-order valence-electron chi connectivity index (χ1n) is 6.79. The molecule has 0 aromatic heterocycles. The van der Waals surface area contributed by atoms with Crippen molar-refractivity contribution in [2.24, 2.45) is 11.7 Å². The topological polar surface area (TPSA) is 38.0 Å². The number of benzene rings is 2. The molecule has 1 saturated heterocycles. The van der Waals surface area contributed by atoms with Gasteiger partial charge < -0.3 is 11.1 Å². The van der Waals surface area contributed by atoms with Gasteiger partial charge in [-0.25, -0.2) is 0 Å². The Balaban J connectivity index is 1.88. The van der Waals surface area contributed by atoms with Gasteiger partial charge in [0.05, 0.1) is 0 Å². The Kier molecular flexibility index (Phi) is 3.31. The second kappa shape index (κ2) is 5.09. The highest BCUT2D eigenvalue weighted by molar-refractivity contribution is 5.83. The summed E-state index contributed by atoms with van der Waals surface area (Å²) in [4.78, 5) is 0. The summed E-state index contributed by atoms with van der Waals surface area (Å²) in [5.74, 6) is 0.618. The van der Waals surface area contributed by atoms with E-state index in [1.807, 2.05) is 0 Å². The Morgan fingerprint density at radius 3 is 2.50 bits per heavy atom. The van der Waals surface area contributed by atoms with Crippen LogP contribution in [0.3, 0.4) is 0 Å². The van der Waals surface area contributed by atoms with E-state index in [9.17, 15) is 0 Å². The molecule has 1 fully saturated rings. The van der Waals surface area contributed by atoms with E-state index in [0.29, 0.717) is 5.92 Å². The lowest BCUT2D eigenvalue weighted by Crippen LogP contribution is -2.33. The first-order valence-corrected chi connectivity index (χ1v) is 6.79. The Morgan fingerprint density at radius 1 is 1.00 bits per heavy atom. The fourth-order valence-electron chi connectivity index (χ4n) is 2.89. The lowest BCUT2D eigenvalue weighted by Gasteiger charge is -2.28. The molecule has 2 aromatic rings. The van der Waals surface area contributed by atoms with Crippen LogP contribution < -0.4 is 11.1 Å². The number of hydrogen-bond donors (Lipinski definition) is 2. The minimum absolute atomic E-state index is 0.178. The third kappa shape index (κ3) is 2.26. The van der Waals surface area contributed by atoms with Crippen LogP contribution in [-0.2, 0) is 0 Å². The summed E-state index contributed by atoms with van der Waals surface area (Å²) in [6.45, 7) is 2.21. The quantitative estimate of drug-likeness (QED) is 0.847. The lowest BCUT2D eigenvalue weighted by molar-refractivity contribution is 0.322. The molecule has 1 atom stereocenters.